The van der Waals surface area contributed by atoms with E-state index in [0.717, 1.165) is 12.0 Å². The van der Waals surface area contributed by atoms with Gasteiger partial charge >= 0.3 is 6.03 Å². The second-order valence-electron chi connectivity index (χ2n) is 4.83. The maximum Gasteiger partial charge on any atom is 0.315 e. The van der Waals surface area contributed by atoms with E-state index < -0.39 is 0 Å². The van der Waals surface area contributed by atoms with Gasteiger partial charge in [-0.15, -0.1) is 0 Å². The van der Waals surface area contributed by atoms with Crippen LogP contribution in [-0.4, -0.2) is 12.6 Å². The number of carbonyl (C=O) groups is 1. The van der Waals surface area contributed by atoms with Crippen LogP contribution in [0.2, 0.25) is 0 Å². The lowest BCUT2D eigenvalue weighted by Gasteiger charge is -2.08. The van der Waals surface area contributed by atoms with Gasteiger partial charge in [-0.3, -0.25) is 0 Å². The summed E-state index contributed by atoms with van der Waals surface area (Å²) >= 11 is 0. The molecule has 0 aromatic heterocycles. The fourth-order valence-corrected chi connectivity index (χ4v) is 1.92. The largest absolute Gasteiger partial charge is 0.338 e. The van der Waals surface area contributed by atoms with Crippen molar-refractivity contribution < 1.29 is 4.79 Å². The summed E-state index contributed by atoms with van der Waals surface area (Å²) in [6.45, 7) is 3.26. The molecule has 0 fully saturated rings. The number of nitrogens with one attached hydrogen (secondary N) is 2. The summed E-state index contributed by atoms with van der Waals surface area (Å²) in [5, 5.41) is 5.71. The van der Waals surface area contributed by atoms with Crippen LogP contribution in [0.15, 0.2) is 54.6 Å². The van der Waals surface area contributed by atoms with E-state index in [4.69, 9.17) is 0 Å². The maximum absolute atomic E-state index is 11.6. The van der Waals surface area contributed by atoms with Crippen molar-refractivity contribution in [3.05, 3.63) is 71.3 Å². The molecule has 0 heterocycles. The third kappa shape index (κ3) is 4.76. The van der Waals surface area contributed by atoms with Gasteiger partial charge in [0.05, 0.1) is 0 Å². The summed E-state index contributed by atoms with van der Waals surface area (Å²) in [6, 6.07) is 18.1. The molecule has 104 valence electrons. The number of amides is 2. The molecule has 0 unspecified atom stereocenters. The molecule has 0 atom stereocenters. The van der Waals surface area contributed by atoms with E-state index in [1.54, 1.807) is 0 Å². The molecule has 0 saturated carbocycles. The highest BCUT2D eigenvalue weighted by atomic mass is 16.2. The van der Waals surface area contributed by atoms with Crippen molar-refractivity contribution in [3.8, 4) is 0 Å². The molecule has 0 spiro atoms. The van der Waals surface area contributed by atoms with Crippen LogP contribution in [0.3, 0.4) is 0 Å². The summed E-state index contributed by atoms with van der Waals surface area (Å²) in [5.41, 5.74) is 3.59. The van der Waals surface area contributed by atoms with E-state index in [9.17, 15) is 4.79 Å². The van der Waals surface area contributed by atoms with Crippen LogP contribution in [0.4, 0.5) is 4.79 Å². The number of carbonyl (C=O) groups excluding carboxylic acids is 1. The number of hydrogen-bond donors (Lipinski definition) is 2. The Morgan fingerprint density at radius 2 is 1.60 bits per heavy atom. The lowest BCUT2D eigenvalue weighted by Crippen LogP contribution is -2.36. The molecular weight excluding hydrogens is 248 g/mol. The lowest BCUT2D eigenvalue weighted by atomic mass is 10.1. The normalized spacial score (nSPS) is 10.1. The first-order chi connectivity index (χ1) is 9.74. The molecule has 2 rings (SSSR count). The Balaban J connectivity index is 1.66. The van der Waals surface area contributed by atoms with Crippen LogP contribution in [0.5, 0.6) is 0 Å². The van der Waals surface area contributed by atoms with Crippen LogP contribution in [0, 0.1) is 6.92 Å². The Hall–Kier alpha value is -2.29. The standard InChI is InChI=1S/C17H20N2O/c1-14-7-9-15(10-8-14)11-12-18-17(20)19-13-16-5-3-2-4-6-16/h2-10H,11-13H2,1H3,(H2,18,19,20). The molecule has 0 aliphatic carbocycles. The quantitative estimate of drug-likeness (QED) is 0.860. The summed E-state index contributed by atoms with van der Waals surface area (Å²) in [4.78, 5) is 11.6. The van der Waals surface area contributed by atoms with Crippen molar-refractivity contribution in [1.29, 1.82) is 0 Å². The number of urea groups is 1. The first-order valence-corrected chi connectivity index (χ1v) is 6.85. The molecule has 2 amide bonds. The summed E-state index contributed by atoms with van der Waals surface area (Å²) < 4.78 is 0. The summed E-state index contributed by atoms with van der Waals surface area (Å²) in [5.74, 6) is 0. The highest BCUT2D eigenvalue weighted by Crippen LogP contribution is 2.03. The zero-order valence-corrected chi connectivity index (χ0v) is 11.7. The molecule has 0 bridgehead atoms. The van der Waals surface area contributed by atoms with Crippen molar-refractivity contribution in [2.24, 2.45) is 0 Å². The number of hydrogen-bond acceptors (Lipinski definition) is 1. The lowest BCUT2D eigenvalue weighted by molar-refractivity contribution is 0.240. The molecule has 0 radical (unpaired) electrons. The third-order valence-electron chi connectivity index (χ3n) is 3.12. The second kappa shape index (κ2) is 7.34. The first kappa shape index (κ1) is 14.1. The van der Waals surface area contributed by atoms with Crippen molar-refractivity contribution in [2.75, 3.05) is 6.54 Å². The Kier molecular flexibility index (Phi) is 5.18. The van der Waals surface area contributed by atoms with Gasteiger partial charge in [0.2, 0.25) is 0 Å². The molecule has 3 nitrogen and oxygen atoms in total. The predicted octanol–water partition coefficient (Wildman–Crippen LogP) is 3.04. The fraction of sp³-hybridized carbons (Fsp3) is 0.235. The summed E-state index contributed by atoms with van der Waals surface area (Å²) in [6.07, 6.45) is 0.846. The third-order valence-corrected chi connectivity index (χ3v) is 3.12. The average Bonchev–Trinajstić information content (AvgIpc) is 2.48. The second-order valence-corrected chi connectivity index (χ2v) is 4.83. The van der Waals surface area contributed by atoms with E-state index in [2.05, 4.69) is 41.8 Å². The van der Waals surface area contributed by atoms with Gasteiger partial charge in [0.15, 0.2) is 0 Å². The fourth-order valence-electron chi connectivity index (χ4n) is 1.92. The smallest absolute Gasteiger partial charge is 0.315 e. The van der Waals surface area contributed by atoms with Gasteiger partial charge in [-0.2, -0.15) is 0 Å². The van der Waals surface area contributed by atoms with Gasteiger partial charge < -0.3 is 10.6 Å². The van der Waals surface area contributed by atoms with Crippen LogP contribution >= 0.6 is 0 Å². The molecule has 0 aliphatic rings. The van der Waals surface area contributed by atoms with Gasteiger partial charge in [0, 0.05) is 13.1 Å². The molecule has 3 heteroatoms. The Morgan fingerprint density at radius 1 is 0.900 bits per heavy atom. The number of rotatable bonds is 5. The van der Waals surface area contributed by atoms with Gasteiger partial charge in [-0.25, -0.2) is 4.79 Å². The van der Waals surface area contributed by atoms with Crippen LogP contribution in [-0.2, 0) is 13.0 Å². The first-order valence-electron chi connectivity index (χ1n) is 6.85. The SMILES string of the molecule is Cc1ccc(CCNC(=O)NCc2ccccc2)cc1. The summed E-state index contributed by atoms with van der Waals surface area (Å²) in [7, 11) is 0. The van der Waals surface area contributed by atoms with Crippen molar-refractivity contribution in [3.63, 3.8) is 0 Å². The predicted molar refractivity (Wildman–Crippen MR) is 81.6 cm³/mol. The Morgan fingerprint density at radius 3 is 2.30 bits per heavy atom. The van der Waals surface area contributed by atoms with Crippen molar-refractivity contribution in [2.45, 2.75) is 19.9 Å². The van der Waals surface area contributed by atoms with E-state index in [1.165, 1.54) is 11.1 Å². The van der Waals surface area contributed by atoms with E-state index in [1.807, 2.05) is 30.3 Å². The van der Waals surface area contributed by atoms with Gasteiger partial charge in [0.1, 0.15) is 0 Å². The minimum absolute atomic E-state index is 0.124. The van der Waals surface area contributed by atoms with E-state index in [-0.39, 0.29) is 6.03 Å². The zero-order valence-electron chi connectivity index (χ0n) is 11.7. The van der Waals surface area contributed by atoms with E-state index in [0.29, 0.717) is 13.1 Å². The minimum atomic E-state index is -0.124. The van der Waals surface area contributed by atoms with Crippen LogP contribution in [0.25, 0.3) is 0 Å². The molecular formula is C17H20N2O. The van der Waals surface area contributed by atoms with Crippen molar-refractivity contribution in [1.82, 2.24) is 10.6 Å². The monoisotopic (exact) mass is 268 g/mol. The average molecular weight is 268 g/mol. The highest BCUT2D eigenvalue weighted by Gasteiger charge is 2.00. The minimum Gasteiger partial charge on any atom is -0.338 e. The number of benzene rings is 2. The topological polar surface area (TPSA) is 41.1 Å². The van der Waals surface area contributed by atoms with Crippen molar-refractivity contribution >= 4 is 6.03 Å². The molecule has 2 aromatic rings. The zero-order chi connectivity index (χ0) is 14.2. The maximum atomic E-state index is 11.6. The van der Waals surface area contributed by atoms with Gasteiger partial charge in [-0.05, 0) is 24.5 Å². The molecule has 20 heavy (non-hydrogen) atoms. The molecule has 0 saturated heterocycles. The van der Waals surface area contributed by atoms with Gasteiger partial charge in [0.25, 0.3) is 0 Å². The van der Waals surface area contributed by atoms with Gasteiger partial charge in [-0.1, -0.05) is 60.2 Å². The van der Waals surface area contributed by atoms with Crippen LogP contribution in [0.1, 0.15) is 16.7 Å². The van der Waals surface area contributed by atoms with E-state index >= 15 is 0 Å². The van der Waals surface area contributed by atoms with Crippen LogP contribution < -0.4 is 10.6 Å². The highest BCUT2D eigenvalue weighted by molar-refractivity contribution is 5.73. The molecule has 2 N–H and O–H groups in total. The Bertz CT molecular complexity index is 535. The number of aryl methyl sites for hydroxylation is 1. The molecule has 2 aromatic carbocycles. The molecule has 0 aliphatic heterocycles. The Labute approximate surface area is 120 Å².